The number of carboxylic acid groups (broad SMARTS) is 1. The van der Waals surface area contributed by atoms with E-state index in [0.717, 1.165) is 34.2 Å². The third-order valence-electron chi connectivity index (χ3n) is 8.72. The van der Waals surface area contributed by atoms with Crippen LogP contribution in [0.25, 0.3) is 0 Å². The third-order valence-corrected chi connectivity index (χ3v) is 8.72. The van der Waals surface area contributed by atoms with E-state index >= 15 is 0 Å². The van der Waals surface area contributed by atoms with Gasteiger partial charge in [-0.2, -0.15) is 0 Å². The van der Waals surface area contributed by atoms with Gasteiger partial charge in [0.05, 0.1) is 11.6 Å². The maximum absolute atomic E-state index is 13.1. The fourth-order valence-electron chi connectivity index (χ4n) is 6.36. The Morgan fingerprint density at radius 3 is 2.47 bits per heavy atom. The number of amides is 2. The molecule has 6 rings (SSSR count). The number of carbonyl (C=O) groups excluding carboxylic acids is 2. The van der Waals surface area contributed by atoms with E-state index in [-0.39, 0.29) is 29.5 Å². The molecule has 2 amide bonds. The Bertz CT molecular complexity index is 1940. The van der Waals surface area contributed by atoms with Crippen molar-refractivity contribution >= 4 is 29.2 Å². The van der Waals surface area contributed by atoms with Gasteiger partial charge < -0.3 is 25.5 Å². The van der Waals surface area contributed by atoms with E-state index in [9.17, 15) is 29.1 Å². The molecular weight excluding hydrogens is 576 g/mol. The number of carbonyl (C=O) groups is 3. The van der Waals surface area contributed by atoms with Crippen LogP contribution in [0.3, 0.4) is 0 Å². The van der Waals surface area contributed by atoms with Crippen LogP contribution in [-0.2, 0) is 25.9 Å². The Hall–Kier alpha value is -5.39. The average molecular weight is 609 g/mol. The van der Waals surface area contributed by atoms with Gasteiger partial charge in [0.25, 0.3) is 22.7 Å². The minimum Gasteiger partial charge on any atom is -0.478 e. The lowest BCUT2D eigenvalue weighted by Crippen LogP contribution is -2.46. The highest BCUT2D eigenvalue weighted by molar-refractivity contribution is 5.97. The van der Waals surface area contributed by atoms with Crippen molar-refractivity contribution in [1.29, 1.82) is 0 Å². The van der Waals surface area contributed by atoms with Crippen molar-refractivity contribution in [3.05, 3.63) is 114 Å². The second-order valence-corrected chi connectivity index (χ2v) is 11.7. The molecule has 0 unspecified atom stereocenters. The Kier molecular flexibility index (Phi) is 7.65. The number of aromatic carboxylic acids is 1. The summed E-state index contributed by atoms with van der Waals surface area (Å²) in [5.74, 6) is -1.90. The molecule has 1 atom stereocenters. The molecule has 3 N–H and O–H groups in total. The zero-order valence-corrected chi connectivity index (χ0v) is 25.1. The van der Waals surface area contributed by atoms with Gasteiger partial charge in [0, 0.05) is 39.8 Å². The van der Waals surface area contributed by atoms with Crippen LogP contribution in [0.2, 0.25) is 0 Å². The molecule has 0 spiro atoms. The van der Waals surface area contributed by atoms with Gasteiger partial charge in [-0.1, -0.05) is 24.3 Å². The lowest BCUT2D eigenvalue weighted by molar-refractivity contribution is 0.0695. The molecular formula is C33H32N6O6. The third kappa shape index (κ3) is 5.43. The van der Waals surface area contributed by atoms with Crippen molar-refractivity contribution in [1.82, 2.24) is 20.6 Å². The number of hydrogen-bond acceptors (Lipinski definition) is 9. The topological polar surface area (TPSA) is 162 Å². The summed E-state index contributed by atoms with van der Waals surface area (Å²) in [5, 5.41) is 15.2. The Balaban J connectivity index is 1.10. The first-order valence-electron chi connectivity index (χ1n) is 14.7. The van der Waals surface area contributed by atoms with Crippen LogP contribution in [-0.4, -0.2) is 53.5 Å². The second kappa shape index (κ2) is 11.6. The van der Waals surface area contributed by atoms with Gasteiger partial charge in [-0.15, -0.1) is 0 Å². The summed E-state index contributed by atoms with van der Waals surface area (Å²) < 4.78 is 0. The first kappa shape index (κ1) is 29.7. The highest BCUT2D eigenvalue weighted by Crippen LogP contribution is 2.35. The van der Waals surface area contributed by atoms with Crippen LogP contribution in [0.4, 0.5) is 11.4 Å². The van der Waals surface area contributed by atoms with Crippen molar-refractivity contribution in [2.45, 2.75) is 45.3 Å². The van der Waals surface area contributed by atoms with Crippen molar-refractivity contribution in [3.63, 3.8) is 0 Å². The largest absolute Gasteiger partial charge is 0.478 e. The number of carboxylic acids is 1. The van der Waals surface area contributed by atoms with Crippen LogP contribution in [0.15, 0.2) is 52.3 Å². The normalized spacial score (nSPS) is 15.4. The van der Waals surface area contributed by atoms with Gasteiger partial charge in [0.1, 0.15) is 29.1 Å². The smallest absolute Gasteiger partial charge is 0.335 e. The predicted molar refractivity (Wildman–Crippen MR) is 167 cm³/mol. The fourth-order valence-corrected chi connectivity index (χ4v) is 6.36. The average Bonchev–Trinajstić information content (AvgIpc) is 3.44. The molecule has 12 nitrogen and oxygen atoms in total. The summed E-state index contributed by atoms with van der Waals surface area (Å²) >= 11 is 0. The Morgan fingerprint density at radius 2 is 1.73 bits per heavy atom. The van der Waals surface area contributed by atoms with Crippen LogP contribution in [0.1, 0.15) is 77.2 Å². The summed E-state index contributed by atoms with van der Waals surface area (Å²) in [6.45, 7) is 3.12. The molecule has 1 aromatic heterocycles. The number of benzene rings is 2. The first-order chi connectivity index (χ1) is 21.5. The van der Waals surface area contributed by atoms with Crippen molar-refractivity contribution in [2.24, 2.45) is 0 Å². The van der Waals surface area contributed by atoms with Crippen LogP contribution < -0.4 is 31.3 Å². The molecule has 1 aliphatic carbocycles. The number of nitrogens with zero attached hydrogens (tertiary/aromatic N) is 4. The maximum Gasteiger partial charge on any atom is 0.335 e. The predicted octanol–water partition coefficient (Wildman–Crippen LogP) is 2.06. The molecule has 4 aromatic rings. The Morgan fingerprint density at radius 1 is 0.978 bits per heavy atom. The number of anilines is 2. The summed E-state index contributed by atoms with van der Waals surface area (Å²) in [6, 6.07) is 10.3. The van der Waals surface area contributed by atoms with Crippen molar-refractivity contribution < 1.29 is 19.5 Å². The molecule has 12 heteroatoms. The lowest BCUT2D eigenvalue weighted by Gasteiger charge is -2.34. The summed E-state index contributed by atoms with van der Waals surface area (Å²) in [6.07, 6.45) is 3.18. The molecule has 0 bridgehead atoms. The maximum atomic E-state index is 13.1. The molecule has 2 heterocycles. The lowest BCUT2D eigenvalue weighted by atomic mass is 9.96. The van der Waals surface area contributed by atoms with E-state index in [1.807, 2.05) is 23.1 Å². The number of fused-ring (bicyclic) bond motifs is 2. The fraction of sp³-hybridized carbons (Fsp3) is 0.303. The molecule has 0 saturated carbocycles. The van der Waals surface area contributed by atoms with Crippen LogP contribution in [0, 0.1) is 6.92 Å². The van der Waals surface area contributed by atoms with Gasteiger partial charge in [-0.25, -0.2) is 14.8 Å². The van der Waals surface area contributed by atoms with Gasteiger partial charge in [-0.3, -0.25) is 19.2 Å². The number of aromatic nitrogens is 2. The molecule has 1 aliphatic heterocycles. The summed E-state index contributed by atoms with van der Waals surface area (Å²) in [5.41, 5.74) is 5.87. The molecule has 3 aromatic carbocycles. The molecule has 2 aliphatic rings. The van der Waals surface area contributed by atoms with E-state index in [0.29, 0.717) is 42.9 Å². The molecule has 0 saturated heterocycles. The number of nitrogens with one attached hydrogen (secondary N) is 2. The van der Waals surface area contributed by atoms with E-state index < -0.39 is 28.6 Å². The quantitative estimate of drug-likeness (QED) is 0.253. The summed E-state index contributed by atoms with van der Waals surface area (Å²) in [4.78, 5) is 73.7. The van der Waals surface area contributed by atoms with E-state index in [1.54, 1.807) is 38.1 Å². The monoisotopic (exact) mass is 608 g/mol. The van der Waals surface area contributed by atoms with E-state index in [4.69, 9.17) is 0 Å². The molecule has 0 fully saturated rings. The second-order valence-electron chi connectivity index (χ2n) is 11.7. The zero-order chi connectivity index (χ0) is 32.0. The SMILES string of the molecule is Cc1c(C(=O)O)ccc2c1CC[C@@H]2NC(=O)c1cc(C(=O)NCc2ccc3c(c2)CN(c2c(N(C)C)c(=O)c2=O)CC3)ncn1. The van der Waals surface area contributed by atoms with E-state index in [1.165, 1.54) is 12.4 Å². The molecule has 45 heavy (non-hydrogen) atoms. The van der Waals surface area contributed by atoms with Crippen molar-refractivity contribution in [2.75, 3.05) is 30.4 Å². The van der Waals surface area contributed by atoms with Crippen molar-refractivity contribution in [3.8, 4) is 0 Å². The highest BCUT2D eigenvalue weighted by Gasteiger charge is 2.30. The van der Waals surface area contributed by atoms with Crippen LogP contribution >= 0.6 is 0 Å². The van der Waals surface area contributed by atoms with Gasteiger partial charge in [0.15, 0.2) is 0 Å². The van der Waals surface area contributed by atoms with Gasteiger partial charge in [0.2, 0.25) is 0 Å². The Labute approximate surface area is 258 Å². The number of hydrogen-bond donors (Lipinski definition) is 3. The van der Waals surface area contributed by atoms with Gasteiger partial charge >= 0.3 is 5.97 Å². The zero-order valence-electron chi connectivity index (χ0n) is 25.1. The number of rotatable bonds is 8. The standard InChI is InChI=1S/C33H32N6O6/c1-17-21-8-9-24(23(21)7-6-22(17)33(44)45)37-32(43)26-13-25(35-16-36-26)31(42)34-14-18-4-5-19-10-11-39(15-20(19)12-18)28-27(38(2)3)29(40)30(28)41/h4-7,12-13,16,24H,8-11,14-15H2,1-3H3,(H,34,42)(H,37,43)(H,44,45)/t24-/m0/s1. The minimum atomic E-state index is -0.982. The van der Waals surface area contributed by atoms with E-state index in [2.05, 4.69) is 20.6 Å². The van der Waals surface area contributed by atoms with Gasteiger partial charge in [-0.05, 0) is 65.6 Å². The molecule has 230 valence electrons. The first-order valence-corrected chi connectivity index (χ1v) is 14.7. The van der Waals surface area contributed by atoms with Crippen LogP contribution in [0.5, 0.6) is 0 Å². The highest BCUT2D eigenvalue weighted by atomic mass is 16.4. The minimum absolute atomic E-state index is 0.0457. The molecule has 0 radical (unpaired) electrons. The summed E-state index contributed by atoms with van der Waals surface area (Å²) in [7, 11) is 3.50.